The van der Waals surface area contributed by atoms with Crippen LogP contribution in [0, 0.1) is 0 Å². The highest BCUT2D eigenvalue weighted by molar-refractivity contribution is 4.95. The van der Waals surface area contributed by atoms with Gasteiger partial charge in [-0.25, -0.2) is 0 Å². The summed E-state index contributed by atoms with van der Waals surface area (Å²) in [6.07, 6.45) is -0.194. The molecule has 0 aromatic carbocycles. The predicted octanol–water partition coefficient (Wildman–Crippen LogP) is 0.828. The number of nitrogens with zero attached hydrogens (tertiary/aromatic N) is 2. The Bertz CT molecular complexity index is 323. The average molecular weight is 227 g/mol. The van der Waals surface area contributed by atoms with E-state index in [1.54, 1.807) is 0 Å². The Kier molecular flexibility index (Phi) is 3.87. The van der Waals surface area contributed by atoms with Crippen LogP contribution in [0.5, 0.6) is 0 Å². The van der Waals surface area contributed by atoms with E-state index < -0.39 is 0 Å². The van der Waals surface area contributed by atoms with E-state index in [4.69, 9.17) is 14.0 Å². The van der Waals surface area contributed by atoms with Gasteiger partial charge >= 0.3 is 0 Å². The molecule has 1 saturated heterocycles. The van der Waals surface area contributed by atoms with Crippen molar-refractivity contribution in [1.29, 1.82) is 0 Å². The van der Waals surface area contributed by atoms with Crippen molar-refractivity contribution in [2.24, 2.45) is 0 Å². The number of nitrogens with one attached hydrogen (secondary N) is 1. The van der Waals surface area contributed by atoms with Gasteiger partial charge in [0.05, 0.1) is 25.9 Å². The van der Waals surface area contributed by atoms with Crippen LogP contribution in [0.25, 0.3) is 0 Å². The third-order valence-electron chi connectivity index (χ3n) is 2.44. The van der Waals surface area contributed by atoms with Gasteiger partial charge < -0.3 is 19.3 Å². The van der Waals surface area contributed by atoms with E-state index in [1.807, 2.05) is 13.8 Å². The largest absolute Gasteiger partial charge is 0.376 e. The first-order valence-corrected chi connectivity index (χ1v) is 5.57. The molecule has 6 nitrogen and oxygen atoms in total. The van der Waals surface area contributed by atoms with Crippen LogP contribution in [0.2, 0.25) is 0 Å². The number of hydrogen-bond acceptors (Lipinski definition) is 6. The summed E-state index contributed by atoms with van der Waals surface area (Å²) in [4.78, 5) is 4.31. The Morgan fingerprint density at radius 1 is 1.50 bits per heavy atom. The topological polar surface area (TPSA) is 69.4 Å². The first-order valence-electron chi connectivity index (χ1n) is 5.57. The molecule has 0 aliphatic carbocycles. The second-order valence-electron chi connectivity index (χ2n) is 3.70. The van der Waals surface area contributed by atoms with Gasteiger partial charge in [0.1, 0.15) is 6.10 Å². The first kappa shape index (κ1) is 11.5. The van der Waals surface area contributed by atoms with Crippen LogP contribution >= 0.6 is 0 Å². The average Bonchev–Trinajstić information content (AvgIpc) is 2.80. The maximum atomic E-state index is 5.49. The lowest BCUT2D eigenvalue weighted by Gasteiger charge is -2.19. The molecule has 1 aromatic rings. The third-order valence-corrected chi connectivity index (χ3v) is 2.44. The zero-order chi connectivity index (χ0) is 11.4. The number of rotatable bonds is 4. The normalized spacial score (nSPS) is 23.2. The lowest BCUT2D eigenvalue weighted by atomic mass is 10.3. The zero-order valence-corrected chi connectivity index (χ0v) is 9.60. The van der Waals surface area contributed by atoms with Crippen molar-refractivity contribution in [3.8, 4) is 0 Å². The monoisotopic (exact) mass is 227 g/mol. The van der Waals surface area contributed by atoms with Gasteiger partial charge in [0.15, 0.2) is 0 Å². The third kappa shape index (κ3) is 2.58. The van der Waals surface area contributed by atoms with E-state index in [0.29, 0.717) is 31.5 Å². The molecule has 6 heteroatoms. The Hall–Kier alpha value is -0.980. The van der Waals surface area contributed by atoms with Crippen LogP contribution in [0.4, 0.5) is 0 Å². The lowest BCUT2D eigenvalue weighted by molar-refractivity contribution is -0.0941. The molecule has 1 aliphatic rings. The molecule has 16 heavy (non-hydrogen) atoms. The molecule has 2 atom stereocenters. The summed E-state index contributed by atoms with van der Waals surface area (Å²) in [6.45, 7) is 6.59. The highest BCUT2D eigenvalue weighted by Crippen LogP contribution is 2.19. The molecule has 1 N–H and O–H groups in total. The molecule has 0 bridgehead atoms. The van der Waals surface area contributed by atoms with Gasteiger partial charge in [-0.3, -0.25) is 0 Å². The van der Waals surface area contributed by atoms with E-state index in [9.17, 15) is 0 Å². The first-order chi connectivity index (χ1) is 7.81. The summed E-state index contributed by atoms with van der Waals surface area (Å²) in [5.74, 6) is 1.16. The minimum absolute atomic E-state index is 0.0655. The molecule has 2 unspecified atom stereocenters. The summed E-state index contributed by atoms with van der Waals surface area (Å²) in [6, 6.07) is 0.0655. The summed E-state index contributed by atoms with van der Waals surface area (Å²) in [7, 11) is 0. The van der Waals surface area contributed by atoms with E-state index in [1.165, 1.54) is 0 Å². The molecule has 1 aromatic heterocycles. The maximum Gasteiger partial charge on any atom is 0.243 e. The SMILES string of the molecule is CCNC(C)c1nc(C2COCCO2)no1. The standard InChI is InChI=1S/C10H17N3O3/c1-3-11-7(2)10-12-9(13-16-10)8-6-14-4-5-15-8/h7-8,11H,3-6H2,1-2H3. The highest BCUT2D eigenvalue weighted by atomic mass is 16.6. The summed E-state index contributed by atoms with van der Waals surface area (Å²) in [5.41, 5.74) is 0. The van der Waals surface area contributed by atoms with Gasteiger partial charge in [-0.15, -0.1) is 0 Å². The van der Waals surface area contributed by atoms with E-state index >= 15 is 0 Å². The molecule has 0 spiro atoms. The predicted molar refractivity (Wildman–Crippen MR) is 55.9 cm³/mol. The summed E-state index contributed by atoms with van der Waals surface area (Å²) in [5, 5.41) is 7.12. The number of aromatic nitrogens is 2. The summed E-state index contributed by atoms with van der Waals surface area (Å²) >= 11 is 0. The van der Waals surface area contributed by atoms with Crippen molar-refractivity contribution in [2.45, 2.75) is 26.0 Å². The van der Waals surface area contributed by atoms with Crippen molar-refractivity contribution >= 4 is 0 Å². The number of ether oxygens (including phenoxy) is 2. The van der Waals surface area contributed by atoms with Crippen molar-refractivity contribution in [2.75, 3.05) is 26.4 Å². The molecular formula is C10H17N3O3. The fourth-order valence-electron chi connectivity index (χ4n) is 1.58. The minimum atomic E-state index is -0.194. The second kappa shape index (κ2) is 5.38. The van der Waals surface area contributed by atoms with Gasteiger partial charge in [-0.1, -0.05) is 12.1 Å². The van der Waals surface area contributed by atoms with Crippen LogP contribution in [0.1, 0.15) is 37.7 Å². The van der Waals surface area contributed by atoms with Crippen LogP contribution in [0.15, 0.2) is 4.52 Å². The molecule has 2 heterocycles. The van der Waals surface area contributed by atoms with Crippen LogP contribution in [0.3, 0.4) is 0 Å². The van der Waals surface area contributed by atoms with Crippen molar-refractivity contribution in [3.63, 3.8) is 0 Å². The van der Waals surface area contributed by atoms with Crippen LogP contribution in [-0.2, 0) is 9.47 Å². The Balaban J connectivity index is 2.00. The Morgan fingerprint density at radius 2 is 2.38 bits per heavy atom. The smallest absolute Gasteiger partial charge is 0.243 e. The van der Waals surface area contributed by atoms with Crippen LogP contribution < -0.4 is 5.32 Å². The van der Waals surface area contributed by atoms with E-state index in [0.717, 1.165) is 6.54 Å². The lowest BCUT2D eigenvalue weighted by Crippen LogP contribution is -2.23. The fraction of sp³-hybridized carbons (Fsp3) is 0.800. The Morgan fingerprint density at radius 3 is 3.06 bits per heavy atom. The van der Waals surface area contributed by atoms with Crippen molar-refractivity contribution in [1.82, 2.24) is 15.5 Å². The van der Waals surface area contributed by atoms with Gasteiger partial charge in [-0.2, -0.15) is 4.98 Å². The molecule has 0 radical (unpaired) electrons. The van der Waals surface area contributed by atoms with Crippen molar-refractivity contribution in [3.05, 3.63) is 11.7 Å². The Labute approximate surface area is 94.3 Å². The van der Waals surface area contributed by atoms with E-state index in [2.05, 4.69) is 15.5 Å². The fourth-order valence-corrected chi connectivity index (χ4v) is 1.58. The van der Waals surface area contributed by atoms with E-state index in [-0.39, 0.29) is 12.1 Å². The summed E-state index contributed by atoms with van der Waals surface area (Å²) < 4.78 is 16.0. The number of hydrogen-bond donors (Lipinski definition) is 1. The molecular weight excluding hydrogens is 210 g/mol. The molecule has 0 amide bonds. The minimum Gasteiger partial charge on any atom is -0.376 e. The van der Waals surface area contributed by atoms with Gasteiger partial charge in [0.25, 0.3) is 0 Å². The van der Waals surface area contributed by atoms with Crippen molar-refractivity contribution < 1.29 is 14.0 Å². The zero-order valence-electron chi connectivity index (χ0n) is 9.60. The van der Waals surface area contributed by atoms with Gasteiger partial charge in [0.2, 0.25) is 11.7 Å². The molecule has 1 fully saturated rings. The quantitative estimate of drug-likeness (QED) is 0.821. The van der Waals surface area contributed by atoms with Gasteiger partial charge in [0, 0.05) is 0 Å². The molecule has 90 valence electrons. The molecule has 2 rings (SSSR count). The molecule has 0 saturated carbocycles. The molecule has 1 aliphatic heterocycles. The second-order valence-corrected chi connectivity index (χ2v) is 3.70. The van der Waals surface area contributed by atoms with Gasteiger partial charge in [-0.05, 0) is 13.5 Å². The maximum absolute atomic E-state index is 5.49. The van der Waals surface area contributed by atoms with Crippen LogP contribution in [-0.4, -0.2) is 36.5 Å². The highest BCUT2D eigenvalue weighted by Gasteiger charge is 2.23.